The number of carbonyl (C=O) groups excluding carboxylic acids is 1. The van der Waals surface area contributed by atoms with Crippen LogP contribution >= 0.6 is 0 Å². The molecule has 1 amide bonds. The van der Waals surface area contributed by atoms with Gasteiger partial charge in [-0.1, -0.05) is 17.3 Å². The lowest BCUT2D eigenvalue weighted by molar-refractivity contribution is -0.141. The Bertz CT molecular complexity index is 865. The number of hydrogen-bond acceptors (Lipinski definition) is 6. The average molecular weight is 402 g/mol. The molecule has 2 aromatic rings. The van der Waals surface area contributed by atoms with E-state index in [1.165, 1.54) is 6.07 Å². The molecule has 0 saturated carbocycles. The minimum absolute atomic E-state index is 0.0158. The molecule has 0 bridgehead atoms. The number of rotatable bonds is 4. The Labute approximate surface area is 169 Å². The first kappa shape index (κ1) is 20.0. The van der Waals surface area contributed by atoms with Crippen LogP contribution in [-0.4, -0.2) is 65.2 Å². The summed E-state index contributed by atoms with van der Waals surface area (Å²) in [6, 6.07) is 4.81. The van der Waals surface area contributed by atoms with Gasteiger partial charge in [0.1, 0.15) is 5.82 Å². The molecule has 2 fully saturated rings. The van der Waals surface area contributed by atoms with E-state index in [1.54, 1.807) is 19.1 Å². The Kier molecular flexibility index (Phi) is 5.91. The van der Waals surface area contributed by atoms with E-state index >= 15 is 0 Å². The first-order valence-electron chi connectivity index (χ1n) is 10.2. The number of benzene rings is 1. The van der Waals surface area contributed by atoms with Gasteiger partial charge in [-0.15, -0.1) is 0 Å². The predicted molar refractivity (Wildman–Crippen MR) is 105 cm³/mol. The molecule has 29 heavy (non-hydrogen) atoms. The summed E-state index contributed by atoms with van der Waals surface area (Å²) in [4.78, 5) is 21.5. The molecule has 7 nitrogen and oxygen atoms in total. The van der Waals surface area contributed by atoms with Gasteiger partial charge in [0.2, 0.25) is 17.6 Å². The second-order valence-corrected chi connectivity index (χ2v) is 7.87. The predicted octanol–water partition coefficient (Wildman–Crippen LogP) is 2.82. The number of aromatic nitrogens is 2. The van der Waals surface area contributed by atoms with Gasteiger partial charge < -0.3 is 14.2 Å². The number of ether oxygens (including phenoxy) is 1. The van der Waals surface area contributed by atoms with Gasteiger partial charge >= 0.3 is 0 Å². The third-order valence-corrected chi connectivity index (χ3v) is 5.90. The van der Waals surface area contributed by atoms with Crippen LogP contribution < -0.4 is 0 Å². The molecule has 3 heterocycles. The Morgan fingerprint density at radius 3 is 2.83 bits per heavy atom. The van der Waals surface area contributed by atoms with Crippen LogP contribution in [0, 0.1) is 18.7 Å². The Hall–Kier alpha value is -2.32. The Morgan fingerprint density at radius 1 is 1.28 bits per heavy atom. The second kappa shape index (κ2) is 8.59. The van der Waals surface area contributed by atoms with Crippen molar-refractivity contribution in [2.75, 3.05) is 39.4 Å². The molecule has 1 aromatic carbocycles. The molecule has 2 unspecified atom stereocenters. The summed E-state index contributed by atoms with van der Waals surface area (Å²) in [5.41, 5.74) is 1.17. The molecule has 2 aliphatic rings. The molecule has 0 aliphatic carbocycles. The van der Waals surface area contributed by atoms with Gasteiger partial charge in [0.05, 0.1) is 25.2 Å². The van der Waals surface area contributed by atoms with Crippen molar-refractivity contribution in [1.29, 1.82) is 0 Å². The fourth-order valence-electron chi connectivity index (χ4n) is 4.01. The lowest BCUT2D eigenvalue weighted by Crippen LogP contribution is -2.48. The monoisotopic (exact) mass is 402 g/mol. The van der Waals surface area contributed by atoms with Crippen molar-refractivity contribution >= 4 is 5.91 Å². The van der Waals surface area contributed by atoms with E-state index in [9.17, 15) is 9.18 Å². The quantitative estimate of drug-likeness (QED) is 0.783. The molecule has 2 saturated heterocycles. The fraction of sp³-hybridized carbons (Fsp3) is 0.571. The zero-order chi connectivity index (χ0) is 20.4. The van der Waals surface area contributed by atoms with Crippen molar-refractivity contribution in [2.24, 2.45) is 5.92 Å². The largest absolute Gasteiger partial charge is 0.378 e. The van der Waals surface area contributed by atoms with E-state index in [0.717, 1.165) is 19.4 Å². The van der Waals surface area contributed by atoms with Crippen LogP contribution in [0.1, 0.15) is 37.3 Å². The SMILES string of the molecule is Cc1ccc(-c2noc(C(C)N3CCCC(C(=O)N4CCOCC4)C3)n2)cc1F. The summed E-state index contributed by atoms with van der Waals surface area (Å²) >= 11 is 0. The van der Waals surface area contributed by atoms with Crippen molar-refractivity contribution in [3.8, 4) is 11.4 Å². The zero-order valence-corrected chi connectivity index (χ0v) is 16.9. The number of likely N-dealkylation sites (tertiary alicyclic amines) is 1. The molecule has 8 heteroatoms. The normalized spacial score (nSPS) is 21.9. The van der Waals surface area contributed by atoms with E-state index in [2.05, 4.69) is 15.0 Å². The van der Waals surface area contributed by atoms with E-state index in [1.807, 2.05) is 11.8 Å². The Balaban J connectivity index is 1.43. The van der Waals surface area contributed by atoms with Crippen molar-refractivity contribution in [3.63, 3.8) is 0 Å². The third-order valence-electron chi connectivity index (χ3n) is 5.90. The topological polar surface area (TPSA) is 71.7 Å². The average Bonchev–Trinajstić information content (AvgIpc) is 3.25. The number of amides is 1. The van der Waals surface area contributed by atoms with Crippen molar-refractivity contribution < 1.29 is 18.4 Å². The van der Waals surface area contributed by atoms with Crippen LogP contribution in [0.5, 0.6) is 0 Å². The van der Waals surface area contributed by atoms with Crippen molar-refractivity contribution in [2.45, 2.75) is 32.7 Å². The number of aryl methyl sites for hydroxylation is 1. The van der Waals surface area contributed by atoms with Crippen LogP contribution in [0.3, 0.4) is 0 Å². The van der Waals surface area contributed by atoms with Crippen molar-refractivity contribution in [1.82, 2.24) is 19.9 Å². The highest BCUT2D eigenvalue weighted by Gasteiger charge is 2.33. The molecule has 2 atom stereocenters. The summed E-state index contributed by atoms with van der Waals surface area (Å²) in [5, 5.41) is 4.03. The number of nitrogens with zero attached hydrogens (tertiary/aromatic N) is 4. The number of morpholine rings is 1. The van der Waals surface area contributed by atoms with Crippen LogP contribution in [-0.2, 0) is 9.53 Å². The number of hydrogen-bond donors (Lipinski definition) is 0. The molecular weight excluding hydrogens is 375 g/mol. The van der Waals surface area contributed by atoms with Gasteiger partial charge in [-0.25, -0.2) is 4.39 Å². The minimum Gasteiger partial charge on any atom is -0.378 e. The summed E-state index contributed by atoms with van der Waals surface area (Å²) in [6.45, 7) is 7.85. The molecule has 4 rings (SSSR count). The standard InChI is InChI=1S/C21H27FN4O3/c1-14-5-6-16(12-18(14)22)19-23-20(29-24-19)15(2)26-7-3-4-17(13-26)21(27)25-8-10-28-11-9-25/h5-6,12,15,17H,3-4,7-11,13H2,1-2H3. The first-order chi connectivity index (χ1) is 14.0. The number of carbonyl (C=O) groups is 1. The van der Waals surface area contributed by atoms with Crippen LogP contribution in [0.2, 0.25) is 0 Å². The molecule has 0 spiro atoms. The van der Waals surface area contributed by atoms with Crippen LogP contribution in [0.25, 0.3) is 11.4 Å². The summed E-state index contributed by atoms with van der Waals surface area (Å²) in [6.07, 6.45) is 1.85. The van der Waals surface area contributed by atoms with E-state index < -0.39 is 0 Å². The van der Waals surface area contributed by atoms with Gasteiger partial charge in [-0.2, -0.15) is 4.98 Å². The summed E-state index contributed by atoms with van der Waals surface area (Å²) < 4.78 is 24.7. The maximum atomic E-state index is 13.9. The number of piperidine rings is 1. The van der Waals surface area contributed by atoms with E-state index in [4.69, 9.17) is 9.26 Å². The lowest BCUT2D eigenvalue weighted by atomic mass is 9.95. The fourth-order valence-corrected chi connectivity index (χ4v) is 4.01. The van der Waals surface area contributed by atoms with E-state index in [-0.39, 0.29) is 23.7 Å². The molecule has 0 N–H and O–H groups in total. The summed E-state index contributed by atoms with van der Waals surface area (Å²) in [7, 11) is 0. The molecule has 2 aliphatic heterocycles. The van der Waals surface area contributed by atoms with Gasteiger partial charge in [-0.05, 0) is 44.9 Å². The van der Waals surface area contributed by atoms with Crippen LogP contribution in [0.4, 0.5) is 4.39 Å². The highest BCUT2D eigenvalue weighted by molar-refractivity contribution is 5.79. The third kappa shape index (κ3) is 4.33. The zero-order valence-electron chi connectivity index (χ0n) is 16.9. The first-order valence-corrected chi connectivity index (χ1v) is 10.2. The highest BCUT2D eigenvalue weighted by atomic mass is 19.1. The second-order valence-electron chi connectivity index (χ2n) is 7.87. The molecule has 156 valence electrons. The lowest BCUT2D eigenvalue weighted by Gasteiger charge is -2.37. The van der Waals surface area contributed by atoms with Crippen molar-refractivity contribution in [3.05, 3.63) is 35.5 Å². The molecule has 0 radical (unpaired) electrons. The van der Waals surface area contributed by atoms with Gasteiger partial charge in [-0.3, -0.25) is 9.69 Å². The Morgan fingerprint density at radius 2 is 2.07 bits per heavy atom. The minimum atomic E-state index is -0.289. The maximum Gasteiger partial charge on any atom is 0.244 e. The number of halogens is 1. The molecule has 1 aromatic heterocycles. The smallest absolute Gasteiger partial charge is 0.244 e. The summed E-state index contributed by atoms with van der Waals surface area (Å²) in [5.74, 6) is 0.774. The van der Waals surface area contributed by atoms with Gasteiger partial charge in [0, 0.05) is 25.2 Å². The van der Waals surface area contributed by atoms with Gasteiger partial charge in [0.15, 0.2) is 0 Å². The maximum absolute atomic E-state index is 13.9. The van der Waals surface area contributed by atoms with Crippen LogP contribution in [0.15, 0.2) is 22.7 Å². The van der Waals surface area contributed by atoms with E-state index in [0.29, 0.717) is 55.7 Å². The highest BCUT2D eigenvalue weighted by Crippen LogP contribution is 2.28. The van der Waals surface area contributed by atoms with Gasteiger partial charge in [0.25, 0.3) is 0 Å². The molecular formula is C21H27FN4O3.